The molecule has 0 N–H and O–H groups in total. The van der Waals surface area contributed by atoms with E-state index in [-0.39, 0.29) is 0 Å². The van der Waals surface area contributed by atoms with Gasteiger partial charge in [0.05, 0.1) is 12.0 Å². The number of nitrogens with zero attached hydrogens (tertiary/aromatic N) is 3. The van der Waals surface area contributed by atoms with Crippen molar-refractivity contribution < 1.29 is 13.2 Å². The maximum Gasteiger partial charge on any atom is 0.243 e. The minimum atomic E-state index is -3.45. The van der Waals surface area contributed by atoms with E-state index in [9.17, 15) is 8.42 Å². The summed E-state index contributed by atoms with van der Waals surface area (Å²) in [5, 5.41) is 0. The third-order valence-electron chi connectivity index (χ3n) is 4.63. The third-order valence-corrected chi connectivity index (χ3v) is 6.53. The zero-order chi connectivity index (χ0) is 17.2. The molecule has 1 aromatic carbocycles. The van der Waals surface area contributed by atoms with E-state index in [2.05, 4.69) is 9.55 Å². The second-order valence-corrected chi connectivity index (χ2v) is 8.09. The Kier molecular flexibility index (Phi) is 4.91. The molecule has 0 amide bonds. The lowest BCUT2D eigenvalue weighted by Crippen LogP contribution is -2.39. The van der Waals surface area contributed by atoms with Gasteiger partial charge in [-0.3, -0.25) is 0 Å². The van der Waals surface area contributed by atoms with Gasteiger partial charge in [-0.15, -0.1) is 0 Å². The monoisotopic (exact) mass is 349 g/mol. The third kappa shape index (κ3) is 3.47. The van der Waals surface area contributed by atoms with Crippen molar-refractivity contribution in [2.75, 3.05) is 20.2 Å². The van der Waals surface area contributed by atoms with Gasteiger partial charge in [0, 0.05) is 38.1 Å². The molecular formula is C17H23N3O3S. The summed E-state index contributed by atoms with van der Waals surface area (Å²) in [6.45, 7) is 4.00. The lowest BCUT2D eigenvalue weighted by atomic mass is 9.98. The molecule has 2 aromatic rings. The summed E-state index contributed by atoms with van der Waals surface area (Å²) < 4.78 is 34.4. The standard InChI is InChI=1S/C17H23N3O3S/c1-14-18-8-11-19(14)13-15-6-9-20(10-7-15)24(21,22)17-5-3-4-16(12-17)23-2/h3-5,8,11-12,15H,6-7,9-10,13H2,1-2H3. The summed E-state index contributed by atoms with van der Waals surface area (Å²) in [6.07, 6.45) is 5.51. The van der Waals surface area contributed by atoms with Crippen LogP contribution in [0.5, 0.6) is 5.75 Å². The Morgan fingerprint density at radius 1 is 1.29 bits per heavy atom. The van der Waals surface area contributed by atoms with Gasteiger partial charge in [-0.1, -0.05) is 6.07 Å². The molecule has 0 spiro atoms. The maximum atomic E-state index is 12.8. The summed E-state index contributed by atoms with van der Waals surface area (Å²) in [5.41, 5.74) is 0. The van der Waals surface area contributed by atoms with Crippen LogP contribution in [0.15, 0.2) is 41.6 Å². The van der Waals surface area contributed by atoms with E-state index in [4.69, 9.17) is 4.74 Å². The number of benzene rings is 1. The molecule has 0 aliphatic carbocycles. The molecule has 7 heteroatoms. The second-order valence-electron chi connectivity index (χ2n) is 6.15. The Hall–Kier alpha value is -1.86. The first-order valence-electron chi connectivity index (χ1n) is 8.12. The van der Waals surface area contributed by atoms with Crippen LogP contribution in [-0.2, 0) is 16.6 Å². The molecule has 1 fully saturated rings. The average molecular weight is 349 g/mol. The average Bonchev–Trinajstić information content (AvgIpc) is 3.00. The molecule has 0 bridgehead atoms. The fraction of sp³-hybridized carbons (Fsp3) is 0.471. The van der Waals surface area contributed by atoms with Gasteiger partial charge < -0.3 is 9.30 Å². The molecule has 0 atom stereocenters. The first kappa shape index (κ1) is 17.0. The van der Waals surface area contributed by atoms with Crippen LogP contribution in [0, 0.1) is 12.8 Å². The van der Waals surface area contributed by atoms with Gasteiger partial charge in [0.15, 0.2) is 0 Å². The Morgan fingerprint density at radius 2 is 2.04 bits per heavy atom. The Labute approximate surface area is 143 Å². The van der Waals surface area contributed by atoms with E-state index in [1.54, 1.807) is 34.8 Å². The smallest absolute Gasteiger partial charge is 0.243 e. The van der Waals surface area contributed by atoms with E-state index in [0.717, 1.165) is 25.2 Å². The van der Waals surface area contributed by atoms with Gasteiger partial charge in [0.1, 0.15) is 11.6 Å². The predicted molar refractivity (Wildman–Crippen MR) is 91.4 cm³/mol. The normalized spacial score (nSPS) is 17.1. The predicted octanol–water partition coefficient (Wildman–Crippen LogP) is 2.30. The molecule has 1 aromatic heterocycles. The molecule has 6 nitrogen and oxygen atoms in total. The number of methoxy groups -OCH3 is 1. The van der Waals surface area contributed by atoms with Gasteiger partial charge >= 0.3 is 0 Å². The van der Waals surface area contributed by atoms with Crippen LogP contribution >= 0.6 is 0 Å². The van der Waals surface area contributed by atoms with E-state index < -0.39 is 10.0 Å². The molecule has 1 aliphatic rings. The number of hydrogen-bond donors (Lipinski definition) is 0. The first-order valence-corrected chi connectivity index (χ1v) is 9.56. The zero-order valence-electron chi connectivity index (χ0n) is 14.1. The van der Waals surface area contributed by atoms with Crippen LogP contribution in [-0.4, -0.2) is 42.5 Å². The van der Waals surface area contributed by atoms with Crippen molar-refractivity contribution in [2.45, 2.75) is 31.2 Å². The van der Waals surface area contributed by atoms with Gasteiger partial charge in [-0.05, 0) is 37.8 Å². The van der Waals surface area contributed by atoms with E-state index >= 15 is 0 Å². The largest absolute Gasteiger partial charge is 0.497 e. The van der Waals surface area contributed by atoms with Crippen molar-refractivity contribution in [1.82, 2.24) is 13.9 Å². The fourth-order valence-electron chi connectivity index (χ4n) is 3.12. The SMILES string of the molecule is COc1cccc(S(=O)(=O)N2CCC(Cn3ccnc3C)CC2)c1. The highest BCUT2D eigenvalue weighted by molar-refractivity contribution is 7.89. The number of aryl methyl sites for hydroxylation is 1. The van der Waals surface area contributed by atoms with Crippen LogP contribution in [0.2, 0.25) is 0 Å². The van der Waals surface area contributed by atoms with Crippen LogP contribution < -0.4 is 4.74 Å². The van der Waals surface area contributed by atoms with Crippen molar-refractivity contribution in [1.29, 1.82) is 0 Å². The van der Waals surface area contributed by atoms with Crippen LogP contribution in [0.3, 0.4) is 0 Å². The molecule has 130 valence electrons. The summed E-state index contributed by atoms with van der Waals surface area (Å²) in [6, 6.07) is 6.66. The van der Waals surface area contributed by atoms with Crippen molar-refractivity contribution in [3.63, 3.8) is 0 Å². The molecule has 0 unspecified atom stereocenters. The summed E-state index contributed by atoms with van der Waals surface area (Å²) in [4.78, 5) is 4.53. The topological polar surface area (TPSA) is 64.4 Å². The number of ether oxygens (including phenoxy) is 1. The maximum absolute atomic E-state index is 12.8. The lowest BCUT2D eigenvalue weighted by molar-refractivity contribution is 0.252. The van der Waals surface area contributed by atoms with E-state index in [1.807, 2.05) is 13.1 Å². The molecular weight excluding hydrogens is 326 g/mol. The van der Waals surface area contributed by atoms with Crippen molar-refractivity contribution in [2.24, 2.45) is 5.92 Å². The Morgan fingerprint density at radius 3 is 2.67 bits per heavy atom. The van der Waals surface area contributed by atoms with Crippen LogP contribution in [0.4, 0.5) is 0 Å². The number of imidazole rings is 1. The molecule has 1 aliphatic heterocycles. The molecule has 2 heterocycles. The summed E-state index contributed by atoms with van der Waals surface area (Å²) >= 11 is 0. The highest BCUT2D eigenvalue weighted by atomic mass is 32.2. The van der Waals surface area contributed by atoms with Gasteiger partial charge in [0.25, 0.3) is 0 Å². The quantitative estimate of drug-likeness (QED) is 0.831. The number of piperidine rings is 1. The number of sulfonamides is 1. The highest BCUT2D eigenvalue weighted by Gasteiger charge is 2.29. The molecule has 0 radical (unpaired) electrons. The zero-order valence-corrected chi connectivity index (χ0v) is 14.9. The van der Waals surface area contributed by atoms with Crippen molar-refractivity contribution >= 4 is 10.0 Å². The minimum absolute atomic E-state index is 0.297. The number of rotatable bonds is 5. The van der Waals surface area contributed by atoms with E-state index in [0.29, 0.717) is 29.7 Å². The van der Waals surface area contributed by atoms with Gasteiger partial charge in [-0.2, -0.15) is 4.31 Å². The molecule has 3 rings (SSSR count). The van der Waals surface area contributed by atoms with Gasteiger partial charge in [-0.25, -0.2) is 13.4 Å². The van der Waals surface area contributed by atoms with Gasteiger partial charge in [0.2, 0.25) is 10.0 Å². The molecule has 0 saturated carbocycles. The molecule has 24 heavy (non-hydrogen) atoms. The summed E-state index contributed by atoms with van der Waals surface area (Å²) in [5.74, 6) is 2.04. The van der Waals surface area contributed by atoms with Crippen molar-refractivity contribution in [3.8, 4) is 5.75 Å². The Balaban J connectivity index is 1.66. The first-order chi connectivity index (χ1) is 11.5. The van der Waals surface area contributed by atoms with Crippen LogP contribution in [0.1, 0.15) is 18.7 Å². The summed E-state index contributed by atoms with van der Waals surface area (Å²) in [7, 11) is -1.92. The Bertz CT molecular complexity index is 793. The number of aromatic nitrogens is 2. The number of hydrogen-bond acceptors (Lipinski definition) is 4. The lowest BCUT2D eigenvalue weighted by Gasteiger charge is -2.31. The van der Waals surface area contributed by atoms with Crippen LogP contribution in [0.25, 0.3) is 0 Å². The van der Waals surface area contributed by atoms with E-state index in [1.165, 1.54) is 7.11 Å². The second kappa shape index (κ2) is 6.94. The van der Waals surface area contributed by atoms with Crippen molar-refractivity contribution in [3.05, 3.63) is 42.5 Å². The molecule has 1 saturated heterocycles. The fourth-order valence-corrected chi connectivity index (χ4v) is 4.62. The minimum Gasteiger partial charge on any atom is -0.497 e. The highest BCUT2D eigenvalue weighted by Crippen LogP contribution is 2.26.